The van der Waals surface area contributed by atoms with Crippen LogP contribution in [-0.2, 0) is 0 Å². The zero-order valence-electron chi connectivity index (χ0n) is 10.2. The van der Waals surface area contributed by atoms with E-state index < -0.39 is 0 Å². The molecule has 0 aliphatic carbocycles. The maximum atomic E-state index is 6.19. The maximum absolute atomic E-state index is 6.19. The average molecular weight is 258 g/mol. The Morgan fingerprint density at radius 2 is 1.89 bits per heavy atom. The van der Waals surface area contributed by atoms with E-state index in [1.807, 2.05) is 54.8 Å². The van der Waals surface area contributed by atoms with Gasteiger partial charge in [0, 0.05) is 23.0 Å². The minimum Gasteiger partial charge on any atom is -0.234 e. The lowest BCUT2D eigenvalue weighted by molar-refractivity contribution is 0.889. The number of aromatic nitrogens is 3. The second kappa shape index (κ2) is 4.10. The van der Waals surface area contributed by atoms with Crippen molar-refractivity contribution in [2.45, 2.75) is 13.8 Å². The molecule has 0 unspecified atom stereocenters. The van der Waals surface area contributed by atoms with Crippen molar-refractivity contribution in [2.75, 3.05) is 0 Å². The van der Waals surface area contributed by atoms with Crippen molar-refractivity contribution in [2.24, 2.45) is 0 Å². The van der Waals surface area contributed by atoms with Gasteiger partial charge in [0.05, 0.1) is 10.7 Å². The van der Waals surface area contributed by atoms with Crippen molar-refractivity contribution in [3.63, 3.8) is 0 Å². The van der Waals surface area contributed by atoms with Gasteiger partial charge in [-0.3, -0.25) is 0 Å². The third-order valence-corrected chi connectivity index (χ3v) is 3.21. The molecule has 0 N–H and O–H groups in total. The van der Waals surface area contributed by atoms with Gasteiger partial charge in [0.15, 0.2) is 5.65 Å². The number of aryl methyl sites for hydroxylation is 2. The van der Waals surface area contributed by atoms with Crippen molar-refractivity contribution in [1.29, 1.82) is 0 Å². The van der Waals surface area contributed by atoms with Crippen LogP contribution in [0.5, 0.6) is 0 Å². The second-order valence-corrected chi connectivity index (χ2v) is 4.73. The van der Waals surface area contributed by atoms with Gasteiger partial charge in [-0.2, -0.15) is 5.10 Å². The number of rotatable bonds is 1. The van der Waals surface area contributed by atoms with Gasteiger partial charge in [0.1, 0.15) is 0 Å². The highest BCUT2D eigenvalue weighted by atomic mass is 35.5. The molecule has 3 rings (SSSR count). The van der Waals surface area contributed by atoms with Crippen LogP contribution in [0.2, 0.25) is 5.02 Å². The third kappa shape index (κ3) is 1.77. The van der Waals surface area contributed by atoms with Crippen LogP contribution in [-0.4, -0.2) is 14.6 Å². The lowest BCUT2D eigenvalue weighted by atomic mass is 10.1. The first-order valence-corrected chi connectivity index (χ1v) is 6.12. The van der Waals surface area contributed by atoms with Crippen LogP contribution in [0.1, 0.15) is 11.4 Å². The van der Waals surface area contributed by atoms with Crippen LogP contribution in [0.3, 0.4) is 0 Å². The number of fused-ring (bicyclic) bond motifs is 1. The van der Waals surface area contributed by atoms with E-state index in [2.05, 4.69) is 10.1 Å². The molecule has 4 heteroatoms. The first kappa shape index (κ1) is 11.2. The summed E-state index contributed by atoms with van der Waals surface area (Å²) < 4.78 is 1.84. The molecule has 0 spiro atoms. The van der Waals surface area contributed by atoms with E-state index in [9.17, 15) is 0 Å². The van der Waals surface area contributed by atoms with Crippen molar-refractivity contribution in [3.8, 4) is 11.3 Å². The predicted octanol–water partition coefficient (Wildman–Crippen LogP) is 3.67. The molecule has 0 bridgehead atoms. The summed E-state index contributed by atoms with van der Waals surface area (Å²) in [6, 6.07) is 11.7. The molecule has 0 amide bonds. The maximum Gasteiger partial charge on any atom is 0.156 e. The number of halogens is 1. The monoisotopic (exact) mass is 257 g/mol. The van der Waals surface area contributed by atoms with Crippen LogP contribution in [0.4, 0.5) is 0 Å². The Labute approximate surface area is 110 Å². The standard InChI is InChI=1S/C14H12ClN3/c1-9-7-10(2)18-14(16-9)8-13(17-18)11-5-3-4-6-12(11)15/h3-8H,1-2H3. The summed E-state index contributed by atoms with van der Waals surface area (Å²) in [5.74, 6) is 0. The minimum absolute atomic E-state index is 0.704. The first-order chi connectivity index (χ1) is 8.65. The molecule has 0 atom stereocenters. The molecule has 2 heterocycles. The van der Waals surface area contributed by atoms with Gasteiger partial charge in [0.25, 0.3) is 0 Å². The van der Waals surface area contributed by atoms with Crippen molar-refractivity contribution >= 4 is 17.2 Å². The summed E-state index contributed by atoms with van der Waals surface area (Å²) in [4.78, 5) is 4.47. The van der Waals surface area contributed by atoms with Crippen molar-refractivity contribution in [3.05, 3.63) is 52.8 Å². The molecular weight excluding hydrogens is 246 g/mol. The molecule has 2 aromatic heterocycles. The number of hydrogen-bond donors (Lipinski definition) is 0. The molecule has 3 aromatic rings. The molecule has 0 radical (unpaired) electrons. The molecule has 0 fully saturated rings. The van der Waals surface area contributed by atoms with Gasteiger partial charge >= 0.3 is 0 Å². The molecule has 0 saturated carbocycles. The summed E-state index contributed by atoms with van der Waals surface area (Å²) in [5, 5.41) is 5.26. The van der Waals surface area contributed by atoms with Crippen molar-refractivity contribution in [1.82, 2.24) is 14.6 Å². The molecule has 90 valence electrons. The molecule has 0 aliphatic heterocycles. The van der Waals surface area contributed by atoms with Gasteiger partial charge < -0.3 is 0 Å². The Kier molecular flexibility index (Phi) is 2.56. The van der Waals surface area contributed by atoms with E-state index in [0.29, 0.717) is 5.02 Å². The Morgan fingerprint density at radius 1 is 1.11 bits per heavy atom. The fraction of sp³-hybridized carbons (Fsp3) is 0.143. The number of nitrogens with zero attached hydrogens (tertiary/aromatic N) is 3. The van der Waals surface area contributed by atoms with Crippen LogP contribution in [0, 0.1) is 13.8 Å². The zero-order chi connectivity index (χ0) is 12.7. The number of hydrogen-bond acceptors (Lipinski definition) is 2. The van der Waals surface area contributed by atoms with E-state index in [1.165, 1.54) is 0 Å². The van der Waals surface area contributed by atoms with Crippen LogP contribution in [0.25, 0.3) is 16.9 Å². The largest absolute Gasteiger partial charge is 0.234 e. The smallest absolute Gasteiger partial charge is 0.156 e. The summed E-state index contributed by atoms with van der Waals surface area (Å²) in [6.45, 7) is 4.00. The Morgan fingerprint density at radius 3 is 2.67 bits per heavy atom. The van der Waals surface area contributed by atoms with Gasteiger partial charge in [-0.15, -0.1) is 0 Å². The van der Waals surface area contributed by atoms with E-state index in [4.69, 9.17) is 11.6 Å². The van der Waals surface area contributed by atoms with Crippen LogP contribution in [0.15, 0.2) is 36.4 Å². The molecule has 18 heavy (non-hydrogen) atoms. The molecule has 1 aromatic carbocycles. The van der Waals surface area contributed by atoms with E-state index in [1.54, 1.807) is 0 Å². The molecule has 3 nitrogen and oxygen atoms in total. The van der Waals surface area contributed by atoms with E-state index in [0.717, 1.165) is 28.3 Å². The minimum atomic E-state index is 0.704. The van der Waals surface area contributed by atoms with Crippen LogP contribution >= 0.6 is 11.6 Å². The topological polar surface area (TPSA) is 30.2 Å². The quantitative estimate of drug-likeness (QED) is 0.666. The average Bonchev–Trinajstić information content (AvgIpc) is 2.73. The highest BCUT2D eigenvalue weighted by molar-refractivity contribution is 6.33. The molecule has 0 aliphatic rings. The SMILES string of the molecule is Cc1cc(C)n2nc(-c3ccccc3Cl)cc2n1. The molecule has 0 saturated heterocycles. The van der Waals surface area contributed by atoms with Crippen LogP contribution < -0.4 is 0 Å². The van der Waals surface area contributed by atoms with Gasteiger partial charge in [-0.25, -0.2) is 9.50 Å². The fourth-order valence-corrected chi connectivity index (χ4v) is 2.32. The number of benzene rings is 1. The summed E-state index contributed by atoms with van der Waals surface area (Å²) in [5.41, 5.74) is 4.69. The fourth-order valence-electron chi connectivity index (χ4n) is 2.09. The molecular formula is C14H12ClN3. The van der Waals surface area contributed by atoms with E-state index in [-0.39, 0.29) is 0 Å². The Bertz CT molecular complexity index is 731. The Hall–Kier alpha value is -1.87. The van der Waals surface area contributed by atoms with E-state index >= 15 is 0 Å². The van der Waals surface area contributed by atoms with Crippen molar-refractivity contribution < 1.29 is 0 Å². The Balaban J connectivity index is 2.26. The second-order valence-electron chi connectivity index (χ2n) is 4.32. The predicted molar refractivity (Wildman–Crippen MR) is 72.9 cm³/mol. The zero-order valence-corrected chi connectivity index (χ0v) is 10.9. The lowest BCUT2D eigenvalue weighted by Gasteiger charge is -2.00. The first-order valence-electron chi connectivity index (χ1n) is 5.74. The third-order valence-electron chi connectivity index (χ3n) is 2.88. The summed E-state index contributed by atoms with van der Waals surface area (Å²) in [6.07, 6.45) is 0. The van der Waals surface area contributed by atoms with Gasteiger partial charge in [-0.05, 0) is 26.0 Å². The summed E-state index contributed by atoms with van der Waals surface area (Å²) >= 11 is 6.19. The lowest BCUT2D eigenvalue weighted by Crippen LogP contribution is -1.96. The normalized spacial score (nSPS) is 11.1. The summed E-state index contributed by atoms with van der Waals surface area (Å²) in [7, 11) is 0. The highest BCUT2D eigenvalue weighted by Gasteiger charge is 2.09. The van der Waals surface area contributed by atoms with Gasteiger partial charge in [-0.1, -0.05) is 29.8 Å². The highest BCUT2D eigenvalue weighted by Crippen LogP contribution is 2.27. The van der Waals surface area contributed by atoms with Gasteiger partial charge in [0.2, 0.25) is 0 Å².